The van der Waals surface area contributed by atoms with Crippen LogP contribution >= 0.6 is 0 Å². The highest BCUT2D eigenvalue weighted by Crippen LogP contribution is 2.20. The molecule has 3 heteroatoms. The van der Waals surface area contributed by atoms with Crippen LogP contribution in [0.1, 0.15) is 6.92 Å². The molecule has 0 aromatic carbocycles. The summed E-state index contributed by atoms with van der Waals surface area (Å²) in [6.45, 7) is 1.95. The van der Waals surface area contributed by atoms with Crippen LogP contribution in [0.4, 0.5) is 0 Å². The normalized spacial score (nSPS) is 39.4. The van der Waals surface area contributed by atoms with Crippen LogP contribution in [0.2, 0.25) is 0 Å². The van der Waals surface area contributed by atoms with E-state index in [0.717, 1.165) is 0 Å². The van der Waals surface area contributed by atoms with Gasteiger partial charge in [-0.2, -0.15) is 0 Å². The third-order valence-electron chi connectivity index (χ3n) is 1.33. The molecule has 8 heavy (non-hydrogen) atoms. The zero-order valence-corrected chi connectivity index (χ0v) is 5.22. The van der Waals surface area contributed by atoms with Crippen LogP contribution < -0.4 is 11.1 Å². The van der Waals surface area contributed by atoms with Crippen molar-refractivity contribution in [3.8, 4) is 0 Å². The van der Waals surface area contributed by atoms with Crippen LogP contribution in [0.25, 0.3) is 0 Å². The largest absolute Gasteiger partial charge is 0.352 e. The first kappa shape index (κ1) is 6.01. The molecule has 3 N–H and O–H groups in total. The van der Waals surface area contributed by atoms with Gasteiger partial charge in [0.15, 0.2) is 0 Å². The van der Waals surface area contributed by atoms with E-state index in [9.17, 15) is 0 Å². The minimum Gasteiger partial charge on any atom is -0.352 e. The maximum atomic E-state index is 5.50. The van der Waals surface area contributed by atoms with Crippen molar-refractivity contribution in [2.75, 3.05) is 7.05 Å². The quantitative estimate of drug-likeness (QED) is 0.468. The van der Waals surface area contributed by atoms with E-state index < -0.39 is 0 Å². The van der Waals surface area contributed by atoms with Gasteiger partial charge in [-0.15, -0.1) is 0 Å². The Morgan fingerprint density at radius 1 is 1.75 bits per heavy atom. The van der Waals surface area contributed by atoms with E-state index in [1.165, 1.54) is 0 Å². The zero-order valence-electron chi connectivity index (χ0n) is 5.22. The lowest BCUT2D eigenvalue weighted by Gasteiger charge is -1.95. The van der Waals surface area contributed by atoms with Gasteiger partial charge in [-0.25, -0.2) is 0 Å². The first-order chi connectivity index (χ1) is 3.75. The smallest absolute Gasteiger partial charge is 0.136 e. The number of nitrogens with two attached hydrogens (primary N) is 1. The van der Waals surface area contributed by atoms with Gasteiger partial charge in [0, 0.05) is 6.04 Å². The molecule has 3 atom stereocenters. The molecule has 1 rings (SSSR count). The highest BCUT2D eigenvalue weighted by atomic mass is 16.6. The predicted molar refractivity (Wildman–Crippen MR) is 31.4 cm³/mol. The van der Waals surface area contributed by atoms with E-state index in [-0.39, 0.29) is 18.4 Å². The minimum atomic E-state index is 0.160. The summed E-state index contributed by atoms with van der Waals surface area (Å²) in [4.78, 5) is 0. The molecular weight excluding hydrogens is 104 g/mol. The Kier molecular flexibility index (Phi) is 1.51. The number of nitrogens with one attached hydrogen (secondary N) is 1. The van der Waals surface area contributed by atoms with Crippen molar-refractivity contribution in [1.82, 2.24) is 5.32 Å². The number of rotatable bonds is 2. The summed E-state index contributed by atoms with van der Waals surface area (Å²) in [7, 11) is 1.87. The Balaban J connectivity index is 2.16. The van der Waals surface area contributed by atoms with Gasteiger partial charge < -0.3 is 10.5 Å². The molecule has 1 aliphatic heterocycles. The molecule has 0 bridgehead atoms. The van der Waals surface area contributed by atoms with E-state index in [4.69, 9.17) is 10.5 Å². The summed E-state index contributed by atoms with van der Waals surface area (Å²) in [6, 6.07) is 0.160. The fourth-order valence-corrected chi connectivity index (χ4v) is 0.756. The Morgan fingerprint density at radius 3 is 2.50 bits per heavy atom. The molecular formula is C5H12N2O. The van der Waals surface area contributed by atoms with Crippen LogP contribution in [0.5, 0.6) is 0 Å². The van der Waals surface area contributed by atoms with E-state index in [0.29, 0.717) is 0 Å². The van der Waals surface area contributed by atoms with Gasteiger partial charge in [0.25, 0.3) is 0 Å². The average Bonchev–Trinajstić information content (AvgIpc) is 2.42. The lowest BCUT2D eigenvalue weighted by molar-refractivity contribution is 0.340. The fourth-order valence-electron chi connectivity index (χ4n) is 0.756. The summed E-state index contributed by atoms with van der Waals surface area (Å²) in [5, 5.41) is 2.97. The standard InChI is InChI=1S/C5H12N2O/c1-3(6)4-5(7-2)8-4/h3-5,7H,6H2,1-2H3. The van der Waals surface area contributed by atoms with Crippen molar-refractivity contribution in [2.45, 2.75) is 25.3 Å². The molecule has 0 spiro atoms. The van der Waals surface area contributed by atoms with Crippen LogP contribution in [-0.4, -0.2) is 25.4 Å². The van der Waals surface area contributed by atoms with Gasteiger partial charge in [-0.1, -0.05) is 0 Å². The van der Waals surface area contributed by atoms with Gasteiger partial charge >= 0.3 is 0 Å². The van der Waals surface area contributed by atoms with E-state index in [1.807, 2.05) is 14.0 Å². The van der Waals surface area contributed by atoms with Crippen molar-refractivity contribution < 1.29 is 4.74 Å². The third kappa shape index (κ3) is 0.992. The van der Waals surface area contributed by atoms with Crippen molar-refractivity contribution >= 4 is 0 Å². The molecule has 3 nitrogen and oxygen atoms in total. The number of hydrogen-bond donors (Lipinski definition) is 2. The molecule has 0 aliphatic carbocycles. The maximum Gasteiger partial charge on any atom is 0.136 e. The lowest BCUT2D eigenvalue weighted by atomic mass is 10.2. The number of ether oxygens (including phenoxy) is 1. The average molecular weight is 116 g/mol. The molecule has 0 amide bonds. The third-order valence-corrected chi connectivity index (χ3v) is 1.33. The van der Waals surface area contributed by atoms with E-state index >= 15 is 0 Å². The highest BCUT2D eigenvalue weighted by Gasteiger charge is 2.40. The molecule has 1 saturated heterocycles. The molecule has 1 aliphatic rings. The molecule has 0 aromatic heterocycles. The van der Waals surface area contributed by atoms with Gasteiger partial charge in [0.2, 0.25) is 0 Å². The molecule has 0 radical (unpaired) electrons. The molecule has 48 valence electrons. The monoisotopic (exact) mass is 116 g/mol. The van der Waals surface area contributed by atoms with Crippen molar-refractivity contribution in [3.05, 3.63) is 0 Å². The van der Waals surface area contributed by atoms with E-state index in [1.54, 1.807) is 0 Å². The van der Waals surface area contributed by atoms with Crippen LogP contribution in [-0.2, 0) is 4.74 Å². The van der Waals surface area contributed by atoms with Crippen molar-refractivity contribution in [2.24, 2.45) is 5.73 Å². The fraction of sp³-hybridized carbons (Fsp3) is 1.00. The summed E-state index contributed by atoms with van der Waals surface area (Å²) in [6.07, 6.45) is 0.468. The predicted octanol–water partition coefficient (Wildman–Crippen LogP) is -0.722. The maximum absolute atomic E-state index is 5.50. The zero-order chi connectivity index (χ0) is 6.15. The second-order valence-electron chi connectivity index (χ2n) is 2.17. The van der Waals surface area contributed by atoms with Crippen LogP contribution in [0.15, 0.2) is 0 Å². The van der Waals surface area contributed by atoms with Gasteiger partial charge in [0.1, 0.15) is 12.3 Å². The lowest BCUT2D eigenvalue weighted by Crippen LogP contribution is -2.27. The Labute approximate surface area is 49.2 Å². The SMILES string of the molecule is CNC1OC1C(C)N. The second-order valence-corrected chi connectivity index (χ2v) is 2.17. The van der Waals surface area contributed by atoms with Crippen molar-refractivity contribution in [1.29, 1.82) is 0 Å². The summed E-state index contributed by atoms with van der Waals surface area (Å²) < 4.78 is 5.09. The summed E-state index contributed by atoms with van der Waals surface area (Å²) in [5.74, 6) is 0. The van der Waals surface area contributed by atoms with E-state index in [2.05, 4.69) is 5.32 Å². The van der Waals surface area contributed by atoms with Gasteiger partial charge in [0.05, 0.1) is 0 Å². The summed E-state index contributed by atoms with van der Waals surface area (Å²) >= 11 is 0. The molecule has 1 fully saturated rings. The number of likely N-dealkylation sites (N-methyl/N-ethyl adjacent to an activating group) is 1. The topological polar surface area (TPSA) is 50.6 Å². The van der Waals surface area contributed by atoms with Gasteiger partial charge in [-0.3, -0.25) is 5.32 Å². The Morgan fingerprint density at radius 2 is 2.38 bits per heavy atom. The number of hydrogen-bond acceptors (Lipinski definition) is 3. The van der Waals surface area contributed by atoms with Crippen LogP contribution in [0.3, 0.4) is 0 Å². The first-order valence-electron chi connectivity index (χ1n) is 2.84. The minimum absolute atomic E-state index is 0.160. The molecule has 1 heterocycles. The Hall–Kier alpha value is -0.120. The van der Waals surface area contributed by atoms with Gasteiger partial charge in [-0.05, 0) is 14.0 Å². The number of epoxide rings is 1. The Bertz CT molecular complexity index is 84.5. The first-order valence-corrected chi connectivity index (χ1v) is 2.84. The molecule has 3 unspecified atom stereocenters. The molecule has 0 saturated carbocycles. The second kappa shape index (κ2) is 2.01. The molecule has 0 aromatic rings. The van der Waals surface area contributed by atoms with Crippen molar-refractivity contribution in [3.63, 3.8) is 0 Å². The summed E-state index contributed by atoms with van der Waals surface area (Å²) in [5.41, 5.74) is 5.50. The van der Waals surface area contributed by atoms with Crippen LogP contribution in [0, 0.1) is 0 Å². The highest BCUT2D eigenvalue weighted by molar-refractivity contribution is 4.87.